The minimum Gasteiger partial charge on any atom is -0.476 e. The maximum atomic E-state index is 13.6. The minimum absolute atomic E-state index is 0.0628. The summed E-state index contributed by atoms with van der Waals surface area (Å²) in [6, 6.07) is 7.21. The number of hydrogen-bond donors (Lipinski definition) is 1. The molecular weight excluding hydrogens is 372 g/mol. The van der Waals surface area contributed by atoms with E-state index in [4.69, 9.17) is 5.11 Å². The molecule has 138 valence electrons. The number of carbonyl (C=O) groups is 1. The highest BCUT2D eigenvalue weighted by atomic mass is 32.1. The van der Waals surface area contributed by atoms with Crippen LogP contribution in [0.5, 0.6) is 0 Å². The zero-order valence-electron chi connectivity index (χ0n) is 14.5. The van der Waals surface area contributed by atoms with Crippen LogP contribution < -0.4 is 0 Å². The minimum atomic E-state index is -1.12. The van der Waals surface area contributed by atoms with Crippen LogP contribution in [0.15, 0.2) is 48.1 Å². The lowest BCUT2D eigenvalue weighted by Gasteiger charge is -2.00. The van der Waals surface area contributed by atoms with Gasteiger partial charge in [0.1, 0.15) is 5.65 Å². The second kappa shape index (κ2) is 7.63. The zero-order valence-corrected chi connectivity index (χ0v) is 15.3. The maximum absolute atomic E-state index is 13.6. The van der Waals surface area contributed by atoms with E-state index in [0.29, 0.717) is 21.9 Å². The Kier molecular flexibility index (Phi) is 5.27. The van der Waals surface area contributed by atoms with E-state index in [1.165, 1.54) is 11.4 Å². The van der Waals surface area contributed by atoms with Gasteiger partial charge in [-0.1, -0.05) is 19.9 Å². The highest BCUT2D eigenvalue weighted by molar-refractivity contribution is 7.12. The summed E-state index contributed by atoms with van der Waals surface area (Å²) in [5.74, 6) is -2.98. The Morgan fingerprint density at radius 3 is 2.63 bits per heavy atom. The van der Waals surface area contributed by atoms with Crippen LogP contribution in [0.2, 0.25) is 0 Å². The van der Waals surface area contributed by atoms with Crippen molar-refractivity contribution in [1.29, 1.82) is 0 Å². The first-order valence-electron chi connectivity index (χ1n) is 8.15. The van der Waals surface area contributed by atoms with Gasteiger partial charge in [0.05, 0.1) is 0 Å². The van der Waals surface area contributed by atoms with E-state index in [-0.39, 0.29) is 5.69 Å². The molecule has 0 radical (unpaired) electrons. The van der Waals surface area contributed by atoms with E-state index in [1.54, 1.807) is 29.1 Å². The van der Waals surface area contributed by atoms with Gasteiger partial charge in [0.15, 0.2) is 22.5 Å². The van der Waals surface area contributed by atoms with Crippen molar-refractivity contribution in [3.8, 4) is 16.3 Å². The van der Waals surface area contributed by atoms with Gasteiger partial charge in [0, 0.05) is 28.7 Å². The standard InChI is InChI=1S/C17H9F2N3O2S.C2H6/c18-12-4-3-9(6-13(12)19)11-7-22(15-10(11)2-1-5-20-15)17-21-14(8-25-17)16(23)24;1-2/h1-8H,(H,23,24);1-2H3. The van der Waals surface area contributed by atoms with Gasteiger partial charge in [-0.25, -0.2) is 23.5 Å². The topological polar surface area (TPSA) is 68.0 Å². The summed E-state index contributed by atoms with van der Waals surface area (Å²) in [7, 11) is 0. The molecule has 0 saturated heterocycles. The Morgan fingerprint density at radius 2 is 1.96 bits per heavy atom. The second-order valence-corrected chi connectivity index (χ2v) is 6.07. The second-order valence-electron chi connectivity index (χ2n) is 5.24. The van der Waals surface area contributed by atoms with Crippen LogP contribution >= 0.6 is 11.3 Å². The highest BCUT2D eigenvalue weighted by Gasteiger charge is 2.17. The lowest BCUT2D eigenvalue weighted by molar-refractivity contribution is 0.0691. The molecule has 3 aromatic heterocycles. The number of hydrogen-bond acceptors (Lipinski definition) is 4. The Morgan fingerprint density at radius 1 is 1.19 bits per heavy atom. The van der Waals surface area contributed by atoms with Gasteiger partial charge >= 0.3 is 5.97 Å². The van der Waals surface area contributed by atoms with E-state index in [1.807, 2.05) is 13.8 Å². The van der Waals surface area contributed by atoms with Crippen molar-refractivity contribution < 1.29 is 18.7 Å². The summed E-state index contributed by atoms with van der Waals surface area (Å²) in [6.45, 7) is 4.00. The van der Waals surface area contributed by atoms with Crippen molar-refractivity contribution in [3.05, 3.63) is 65.4 Å². The molecule has 1 aromatic carbocycles. The summed E-state index contributed by atoms with van der Waals surface area (Å²) in [4.78, 5) is 19.4. The third-order valence-corrected chi connectivity index (χ3v) is 4.55. The van der Waals surface area contributed by atoms with Crippen LogP contribution in [-0.4, -0.2) is 25.6 Å². The predicted octanol–water partition coefficient (Wildman–Crippen LogP) is 5.15. The molecule has 0 amide bonds. The van der Waals surface area contributed by atoms with E-state index in [2.05, 4.69) is 9.97 Å². The molecule has 27 heavy (non-hydrogen) atoms. The van der Waals surface area contributed by atoms with Gasteiger partial charge < -0.3 is 5.11 Å². The number of nitrogens with zero attached hydrogens (tertiary/aromatic N) is 3. The molecule has 0 aliphatic heterocycles. The molecule has 0 aliphatic carbocycles. The van der Waals surface area contributed by atoms with Gasteiger partial charge in [-0.15, -0.1) is 11.3 Å². The predicted molar refractivity (Wildman–Crippen MR) is 100 cm³/mol. The first-order valence-corrected chi connectivity index (χ1v) is 9.03. The fourth-order valence-electron chi connectivity index (χ4n) is 2.57. The summed E-state index contributed by atoms with van der Waals surface area (Å²) < 4.78 is 28.5. The first-order chi connectivity index (χ1) is 13.0. The van der Waals surface area contributed by atoms with Crippen LogP contribution in [0.4, 0.5) is 8.78 Å². The smallest absolute Gasteiger partial charge is 0.355 e. The van der Waals surface area contributed by atoms with Crippen LogP contribution in [-0.2, 0) is 0 Å². The molecule has 0 unspecified atom stereocenters. The molecule has 0 aliphatic rings. The Bertz CT molecular complexity index is 1120. The largest absolute Gasteiger partial charge is 0.476 e. The van der Waals surface area contributed by atoms with Crippen molar-refractivity contribution in [2.24, 2.45) is 0 Å². The van der Waals surface area contributed by atoms with E-state index in [9.17, 15) is 13.6 Å². The molecule has 4 aromatic rings. The number of benzene rings is 1. The normalized spacial score (nSPS) is 10.5. The zero-order chi connectivity index (χ0) is 19.6. The van der Waals surface area contributed by atoms with Crippen molar-refractivity contribution >= 4 is 28.3 Å². The van der Waals surface area contributed by atoms with Gasteiger partial charge in [-0.3, -0.25) is 4.57 Å². The maximum Gasteiger partial charge on any atom is 0.355 e. The molecule has 3 heterocycles. The molecule has 4 rings (SSSR count). The van der Waals surface area contributed by atoms with Crippen LogP contribution in [0.1, 0.15) is 24.3 Å². The van der Waals surface area contributed by atoms with Gasteiger partial charge in [0.2, 0.25) is 0 Å². The number of thiazole rings is 1. The summed E-state index contributed by atoms with van der Waals surface area (Å²) in [6.07, 6.45) is 3.29. The lowest BCUT2D eigenvalue weighted by atomic mass is 10.1. The van der Waals surface area contributed by atoms with Crippen LogP contribution in [0.25, 0.3) is 27.3 Å². The average molecular weight is 387 g/mol. The van der Waals surface area contributed by atoms with Gasteiger partial charge in [0.25, 0.3) is 0 Å². The van der Waals surface area contributed by atoms with E-state index >= 15 is 0 Å². The summed E-state index contributed by atoms with van der Waals surface area (Å²) in [5, 5.41) is 11.6. The molecule has 0 spiro atoms. The number of aromatic nitrogens is 3. The Balaban J connectivity index is 0.00000102. The molecule has 0 saturated carbocycles. The average Bonchev–Trinajstić information content (AvgIpc) is 3.31. The number of carboxylic acid groups (broad SMARTS) is 1. The number of carboxylic acids is 1. The Labute approximate surface area is 157 Å². The fraction of sp³-hybridized carbons (Fsp3) is 0.105. The quantitative estimate of drug-likeness (QED) is 0.528. The molecule has 1 N–H and O–H groups in total. The first kappa shape index (κ1) is 18.7. The molecule has 5 nitrogen and oxygen atoms in total. The fourth-order valence-corrected chi connectivity index (χ4v) is 3.35. The van der Waals surface area contributed by atoms with E-state index in [0.717, 1.165) is 28.9 Å². The third-order valence-electron chi connectivity index (χ3n) is 3.71. The van der Waals surface area contributed by atoms with Gasteiger partial charge in [-0.05, 0) is 29.8 Å². The van der Waals surface area contributed by atoms with Gasteiger partial charge in [-0.2, -0.15) is 0 Å². The molecular formula is C19H15F2N3O2S. The Hall–Kier alpha value is -3.13. The monoisotopic (exact) mass is 387 g/mol. The number of aromatic carboxylic acids is 1. The highest BCUT2D eigenvalue weighted by Crippen LogP contribution is 2.33. The molecule has 8 heteroatoms. The number of fused-ring (bicyclic) bond motifs is 1. The van der Waals surface area contributed by atoms with Crippen LogP contribution in [0, 0.1) is 11.6 Å². The number of pyridine rings is 1. The third kappa shape index (κ3) is 3.43. The molecule has 0 fully saturated rings. The van der Waals surface area contributed by atoms with Crippen molar-refractivity contribution in [2.75, 3.05) is 0 Å². The van der Waals surface area contributed by atoms with E-state index < -0.39 is 17.6 Å². The SMILES string of the molecule is CC.O=C(O)c1csc(-n2cc(-c3ccc(F)c(F)c3)c3cccnc32)n1. The van der Waals surface area contributed by atoms with Crippen molar-refractivity contribution in [1.82, 2.24) is 14.5 Å². The number of halogens is 2. The lowest BCUT2D eigenvalue weighted by Crippen LogP contribution is -1.98. The van der Waals surface area contributed by atoms with Crippen molar-refractivity contribution in [3.63, 3.8) is 0 Å². The molecule has 0 atom stereocenters. The van der Waals surface area contributed by atoms with Crippen molar-refractivity contribution in [2.45, 2.75) is 13.8 Å². The van der Waals surface area contributed by atoms with Crippen LogP contribution in [0.3, 0.4) is 0 Å². The number of rotatable bonds is 3. The summed E-state index contributed by atoms with van der Waals surface area (Å²) >= 11 is 1.16. The summed E-state index contributed by atoms with van der Waals surface area (Å²) in [5.41, 5.74) is 1.63. The molecule has 0 bridgehead atoms.